The lowest BCUT2D eigenvalue weighted by Crippen LogP contribution is -2.01. The van der Waals surface area contributed by atoms with Gasteiger partial charge >= 0.3 is 0 Å². The zero-order chi connectivity index (χ0) is 48.9. The molecule has 0 atom stereocenters. The number of nitrogens with zero attached hydrogens (tertiary/aromatic N) is 8. The maximum absolute atomic E-state index is 10.4. The second-order valence-corrected chi connectivity index (χ2v) is 17.4. The van der Waals surface area contributed by atoms with Gasteiger partial charge in [0.2, 0.25) is 0 Å². The lowest BCUT2D eigenvalue weighted by Gasteiger charge is -2.16. The fraction of sp³-hybridized carbons (Fsp3) is 0. The predicted octanol–water partition coefficient (Wildman–Crippen LogP) is 15.6. The molecule has 0 fully saturated rings. The van der Waals surface area contributed by atoms with Crippen molar-refractivity contribution < 1.29 is 0 Å². The van der Waals surface area contributed by atoms with Crippen LogP contribution in [-0.4, -0.2) is 14.1 Å². The Morgan fingerprint density at radius 1 is 0.389 bits per heavy atom. The molecule has 0 saturated carbocycles. The Kier molecular flexibility index (Phi) is 10.3. The van der Waals surface area contributed by atoms with Crippen LogP contribution in [0.4, 0.5) is 5.69 Å². The average Bonchev–Trinajstić information content (AvgIpc) is 3.96. The molecule has 8 heteroatoms. The predicted molar refractivity (Wildman–Crippen MR) is 285 cm³/mol. The van der Waals surface area contributed by atoms with Crippen LogP contribution in [0.5, 0.6) is 0 Å². The maximum atomic E-state index is 10.4. The fourth-order valence-corrected chi connectivity index (χ4v) is 10.3. The van der Waals surface area contributed by atoms with E-state index in [4.69, 9.17) is 11.6 Å². The third-order valence-corrected chi connectivity index (χ3v) is 13.6. The van der Waals surface area contributed by atoms with E-state index in [1.165, 1.54) is 0 Å². The Labute approximate surface area is 414 Å². The quantitative estimate of drug-likeness (QED) is 0.147. The molecule has 0 amide bonds. The van der Waals surface area contributed by atoms with Gasteiger partial charge in [-0.2, -0.15) is 21.0 Å². The molecule has 3 heterocycles. The summed E-state index contributed by atoms with van der Waals surface area (Å²) >= 11 is 0. The van der Waals surface area contributed by atoms with Gasteiger partial charge in [-0.15, -0.1) is 0 Å². The van der Waals surface area contributed by atoms with Gasteiger partial charge in [-0.05, 0) is 142 Å². The number of benzene rings is 9. The van der Waals surface area contributed by atoms with E-state index in [1.807, 2.05) is 133 Å². The SMILES string of the molecule is [C-]#[N+]c1ccccc1-c1ccc2c(c1)c1cc(-c3ccccc3C#N)ccc1n2-c1ccnc(-c2cc(C#N)ccc2-n2c3ccc(-c4ccccc4C#N)cc3c3cc(-c4ccccc4C#N)ccc32)c1. The van der Waals surface area contributed by atoms with Gasteiger partial charge in [-0.1, -0.05) is 103 Å². The van der Waals surface area contributed by atoms with Gasteiger partial charge in [-0.3, -0.25) is 4.98 Å². The smallest absolute Gasteiger partial charge is 0.194 e. The summed E-state index contributed by atoms with van der Waals surface area (Å²) in [4.78, 5) is 8.86. The Bertz CT molecular complexity index is 4250. The van der Waals surface area contributed by atoms with E-state index in [0.29, 0.717) is 33.6 Å². The summed E-state index contributed by atoms with van der Waals surface area (Å²) in [6, 6.07) is 74.7. The first kappa shape index (κ1) is 42.5. The molecule has 8 nitrogen and oxygen atoms in total. The summed E-state index contributed by atoms with van der Waals surface area (Å²) < 4.78 is 4.43. The number of rotatable bonds is 7. The van der Waals surface area contributed by atoms with E-state index >= 15 is 0 Å². The molecule has 0 spiro atoms. The van der Waals surface area contributed by atoms with E-state index in [1.54, 1.807) is 6.20 Å². The largest absolute Gasteiger partial charge is 0.309 e. The molecule has 3 aromatic heterocycles. The number of aromatic nitrogens is 3. The standard InChI is InChI=1S/C64H34N8/c1-69-58-17-9-8-16-52(58)44-22-25-61-54(34-44)53-31-41(49-13-5-2-10-45(49)37-66)19-24-60(53)71(61)48-28-29-70-59(35-48)57-30-40(36-65)18-23-64(57)72-62-26-20-42(50-14-6-3-11-46(50)38-67)32-55(62)56-33-43(21-27-63(56)72)51-15-7-4-12-47(51)39-68/h2-35H. The summed E-state index contributed by atoms with van der Waals surface area (Å²) in [5, 5.41) is 44.5. The molecule has 0 saturated heterocycles. The third kappa shape index (κ3) is 6.92. The van der Waals surface area contributed by atoms with Gasteiger partial charge < -0.3 is 9.13 Å². The van der Waals surface area contributed by atoms with E-state index in [9.17, 15) is 21.0 Å². The number of nitriles is 4. The zero-order valence-corrected chi connectivity index (χ0v) is 38.2. The minimum absolute atomic E-state index is 0.474. The van der Waals surface area contributed by atoms with Crippen LogP contribution in [-0.2, 0) is 0 Å². The van der Waals surface area contributed by atoms with Crippen molar-refractivity contribution in [2.45, 2.75) is 0 Å². The number of hydrogen-bond acceptors (Lipinski definition) is 5. The normalized spacial score (nSPS) is 11.0. The van der Waals surface area contributed by atoms with Gasteiger partial charge in [0, 0.05) is 39.0 Å². The first-order chi connectivity index (χ1) is 35.5. The summed E-state index contributed by atoms with van der Waals surface area (Å²) in [5.41, 5.74) is 16.4. The van der Waals surface area contributed by atoms with Crippen molar-refractivity contribution in [1.29, 1.82) is 21.0 Å². The number of hydrogen-bond donors (Lipinski definition) is 0. The second kappa shape index (κ2) is 17.4. The highest BCUT2D eigenvalue weighted by Crippen LogP contribution is 2.43. The van der Waals surface area contributed by atoms with Gasteiger partial charge in [0.25, 0.3) is 0 Å². The topological polar surface area (TPSA) is 122 Å². The first-order valence-corrected chi connectivity index (χ1v) is 23.1. The fourth-order valence-electron chi connectivity index (χ4n) is 10.3. The molecule has 0 N–H and O–H groups in total. The molecule has 9 aromatic carbocycles. The Balaban J connectivity index is 1.08. The lowest BCUT2D eigenvalue weighted by atomic mass is 9.96. The molecule has 330 valence electrons. The minimum Gasteiger partial charge on any atom is -0.309 e. The minimum atomic E-state index is 0.474. The lowest BCUT2D eigenvalue weighted by molar-refractivity contribution is 1.14. The van der Waals surface area contributed by atoms with E-state index in [2.05, 4.69) is 105 Å². The van der Waals surface area contributed by atoms with Gasteiger partial charge in [-0.25, -0.2) is 4.85 Å². The van der Waals surface area contributed by atoms with Crippen molar-refractivity contribution in [3.8, 4) is 91.4 Å². The number of para-hydroxylation sites is 1. The Hall–Kier alpha value is -10.8. The first-order valence-electron chi connectivity index (χ1n) is 23.1. The van der Waals surface area contributed by atoms with Crippen LogP contribution in [0.25, 0.3) is 116 Å². The van der Waals surface area contributed by atoms with E-state index in [-0.39, 0.29) is 0 Å². The maximum Gasteiger partial charge on any atom is 0.194 e. The molecule has 0 radical (unpaired) electrons. The molecular weight excluding hydrogens is 881 g/mol. The summed E-state index contributed by atoms with van der Waals surface area (Å²) in [6.45, 7) is 7.92. The zero-order valence-electron chi connectivity index (χ0n) is 38.2. The summed E-state index contributed by atoms with van der Waals surface area (Å²) in [6.07, 6.45) is 1.80. The molecule has 12 rings (SSSR count). The molecule has 0 bridgehead atoms. The Morgan fingerprint density at radius 2 is 0.819 bits per heavy atom. The molecule has 0 aliphatic heterocycles. The highest BCUT2D eigenvalue weighted by atomic mass is 15.0. The monoisotopic (exact) mass is 914 g/mol. The van der Waals surface area contributed by atoms with Crippen LogP contribution < -0.4 is 0 Å². The molecule has 0 aliphatic rings. The van der Waals surface area contributed by atoms with E-state index < -0.39 is 0 Å². The van der Waals surface area contributed by atoms with Crippen LogP contribution >= 0.6 is 0 Å². The van der Waals surface area contributed by atoms with Gasteiger partial charge in [0.05, 0.1) is 86.6 Å². The molecule has 0 unspecified atom stereocenters. The molecular formula is C64H34N8. The van der Waals surface area contributed by atoms with Crippen LogP contribution in [0.15, 0.2) is 206 Å². The summed E-state index contributed by atoms with van der Waals surface area (Å²) in [7, 11) is 0. The van der Waals surface area contributed by atoms with Crippen molar-refractivity contribution in [2.24, 2.45) is 0 Å². The van der Waals surface area contributed by atoms with Crippen LogP contribution in [0.2, 0.25) is 0 Å². The van der Waals surface area contributed by atoms with Crippen LogP contribution in [0.1, 0.15) is 22.3 Å². The van der Waals surface area contributed by atoms with Crippen LogP contribution in [0, 0.1) is 51.9 Å². The number of pyridine rings is 1. The van der Waals surface area contributed by atoms with Crippen molar-refractivity contribution in [3.63, 3.8) is 0 Å². The highest BCUT2D eigenvalue weighted by Gasteiger charge is 2.22. The third-order valence-electron chi connectivity index (χ3n) is 13.6. The molecule has 72 heavy (non-hydrogen) atoms. The van der Waals surface area contributed by atoms with Crippen molar-refractivity contribution >= 4 is 49.3 Å². The summed E-state index contributed by atoms with van der Waals surface area (Å²) in [5.74, 6) is 0. The van der Waals surface area contributed by atoms with Crippen molar-refractivity contribution in [3.05, 3.63) is 240 Å². The van der Waals surface area contributed by atoms with Crippen molar-refractivity contribution in [1.82, 2.24) is 14.1 Å². The van der Waals surface area contributed by atoms with Crippen LogP contribution in [0.3, 0.4) is 0 Å². The van der Waals surface area contributed by atoms with Gasteiger partial charge in [0.15, 0.2) is 5.69 Å². The molecule has 12 aromatic rings. The molecule has 0 aliphatic carbocycles. The Morgan fingerprint density at radius 3 is 1.28 bits per heavy atom. The second-order valence-electron chi connectivity index (χ2n) is 17.4. The highest BCUT2D eigenvalue weighted by molar-refractivity contribution is 6.13. The average molecular weight is 915 g/mol. The van der Waals surface area contributed by atoms with Crippen molar-refractivity contribution in [2.75, 3.05) is 0 Å². The van der Waals surface area contributed by atoms with Gasteiger partial charge in [0.1, 0.15) is 0 Å². The van der Waals surface area contributed by atoms with E-state index in [0.717, 1.165) is 105 Å². The number of fused-ring (bicyclic) bond motifs is 6.